The van der Waals surface area contributed by atoms with Gasteiger partial charge in [0.1, 0.15) is 0 Å². The molecule has 0 spiro atoms. The Labute approximate surface area is 166 Å². The third-order valence-electron chi connectivity index (χ3n) is 5.68. The molecule has 0 nitrogen and oxygen atoms in total. The molecule has 126 valence electrons. The van der Waals surface area contributed by atoms with Crippen molar-refractivity contribution >= 4 is 37.5 Å². The molecule has 5 aromatic rings. The second-order valence-corrected chi connectivity index (χ2v) is 8.02. The van der Waals surface area contributed by atoms with Gasteiger partial charge in [0.15, 0.2) is 0 Å². The Morgan fingerprint density at radius 2 is 1.07 bits per heavy atom. The van der Waals surface area contributed by atoms with E-state index in [0.29, 0.717) is 0 Å². The topological polar surface area (TPSA) is 0 Å². The molecule has 5 aromatic carbocycles. The van der Waals surface area contributed by atoms with E-state index in [1.165, 1.54) is 54.9 Å². The van der Waals surface area contributed by atoms with E-state index in [1.54, 1.807) is 0 Å². The van der Waals surface area contributed by atoms with Crippen molar-refractivity contribution < 1.29 is 0 Å². The molecule has 1 aliphatic rings. The Balaban J connectivity index is 1.73. The number of fused-ring (bicyclic) bond motifs is 4. The molecule has 0 saturated carbocycles. The van der Waals surface area contributed by atoms with Crippen LogP contribution in [0.5, 0.6) is 0 Å². The molecule has 6 rings (SSSR count). The van der Waals surface area contributed by atoms with Gasteiger partial charge in [0.25, 0.3) is 0 Å². The third-order valence-corrected chi connectivity index (χ3v) is 6.18. The van der Waals surface area contributed by atoms with Crippen molar-refractivity contribution in [1.82, 2.24) is 0 Å². The first-order valence-corrected chi connectivity index (χ1v) is 9.95. The van der Waals surface area contributed by atoms with Gasteiger partial charge in [0.05, 0.1) is 0 Å². The maximum atomic E-state index is 3.64. The number of hydrogen-bond acceptors (Lipinski definition) is 0. The number of rotatable bonds is 1. The first-order valence-electron chi connectivity index (χ1n) is 9.15. The van der Waals surface area contributed by atoms with Crippen molar-refractivity contribution in [3.8, 4) is 33.4 Å². The van der Waals surface area contributed by atoms with E-state index < -0.39 is 0 Å². The normalized spacial score (nSPS) is 11.9. The second-order valence-electron chi connectivity index (χ2n) is 7.11. The molecule has 0 fully saturated rings. The summed E-state index contributed by atoms with van der Waals surface area (Å²) in [6, 6.07) is 33.1. The van der Waals surface area contributed by atoms with E-state index >= 15 is 0 Å². The zero-order valence-corrected chi connectivity index (χ0v) is 16.1. The smallest absolute Gasteiger partial charge is 0.0181 e. The number of hydrogen-bond donors (Lipinski definition) is 0. The van der Waals surface area contributed by atoms with E-state index in [0.717, 1.165) is 4.47 Å². The fraction of sp³-hybridized carbons (Fsp3) is 0. The molecule has 0 aromatic heterocycles. The van der Waals surface area contributed by atoms with Gasteiger partial charge in [0.2, 0.25) is 0 Å². The maximum absolute atomic E-state index is 3.64. The van der Waals surface area contributed by atoms with Gasteiger partial charge in [0, 0.05) is 4.47 Å². The largest absolute Gasteiger partial charge is 0.0616 e. The van der Waals surface area contributed by atoms with Crippen LogP contribution in [-0.2, 0) is 0 Å². The van der Waals surface area contributed by atoms with Crippen LogP contribution in [-0.4, -0.2) is 0 Å². The molecular formula is C26H15Br. The standard InChI is InChI=1S/C26H15Br/c27-17-11-12-21-24-14-13-20(19-8-3-6-16-5-1-2-7-18(16)19)22-9-4-10-23(26(22)24)25(21)15-17/h1-15H. The summed E-state index contributed by atoms with van der Waals surface area (Å²) in [5.41, 5.74) is 7.93. The highest BCUT2D eigenvalue weighted by molar-refractivity contribution is 9.10. The van der Waals surface area contributed by atoms with E-state index in [2.05, 4.69) is 107 Å². The molecule has 0 unspecified atom stereocenters. The molecular weight excluding hydrogens is 392 g/mol. The molecule has 27 heavy (non-hydrogen) atoms. The van der Waals surface area contributed by atoms with Crippen LogP contribution in [0.15, 0.2) is 95.5 Å². The minimum Gasteiger partial charge on any atom is -0.0616 e. The number of halogens is 1. The van der Waals surface area contributed by atoms with Gasteiger partial charge in [-0.15, -0.1) is 0 Å². The number of benzene rings is 5. The molecule has 0 aliphatic heterocycles. The van der Waals surface area contributed by atoms with Gasteiger partial charge in [-0.3, -0.25) is 0 Å². The van der Waals surface area contributed by atoms with Crippen molar-refractivity contribution in [3.63, 3.8) is 0 Å². The molecule has 0 N–H and O–H groups in total. The second kappa shape index (κ2) is 5.55. The summed E-state index contributed by atoms with van der Waals surface area (Å²) in [6.45, 7) is 0. The minimum atomic E-state index is 1.13. The quantitative estimate of drug-likeness (QED) is 0.259. The van der Waals surface area contributed by atoms with E-state index in [4.69, 9.17) is 0 Å². The van der Waals surface area contributed by atoms with Crippen molar-refractivity contribution in [1.29, 1.82) is 0 Å². The van der Waals surface area contributed by atoms with Gasteiger partial charge in [-0.2, -0.15) is 0 Å². The summed E-state index contributed by atoms with van der Waals surface area (Å²) in [6.07, 6.45) is 0. The van der Waals surface area contributed by atoms with E-state index in [1.807, 2.05) is 0 Å². The molecule has 1 heteroatoms. The monoisotopic (exact) mass is 406 g/mol. The van der Waals surface area contributed by atoms with E-state index in [9.17, 15) is 0 Å². The highest BCUT2D eigenvalue weighted by Crippen LogP contribution is 2.50. The molecule has 1 aliphatic carbocycles. The van der Waals surface area contributed by atoms with Crippen LogP contribution in [0.3, 0.4) is 0 Å². The van der Waals surface area contributed by atoms with Gasteiger partial charge in [-0.05, 0) is 67.1 Å². The van der Waals surface area contributed by atoms with Crippen LogP contribution < -0.4 is 0 Å². The highest BCUT2D eigenvalue weighted by Gasteiger charge is 2.23. The molecule has 0 bridgehead atoms. The summed E-state index contributed by atoms with van der Waals surface area (Å²) in [5, 5.41) is 5.29. The fourth-order valence-electron chi connectivity index (χ4n) is 4.52. The zero-order valence-electron chi connectivity index (χ0n) is 14.5. The molecule has 0 atom stereocenters. The third kappa shape index (κ3) is 2.09. The van der Waals surface area contributed by atoms with Gasteiger partial charge < -0.3 is 0 Å². The SMILES string of the molecule is Brc1ccc2c(c1)-c1cccc3c(-c4cccc5ccccc45)ccc-2c13. The van der Waals surface area contributed by atoms with Crippen LogP contribution in [0.4, 0.5) is 0 Å². The Morgan fingerprint density at radius 3 is 2.04 bits per heavy atom. The lowest BCUT2D eigenvalue weighted by Gasteiger charge is -2.12. The Kier molecular flexibility index (Phi) is 3.12. The molecule has 0 heterocycles. The summed E-state index contributed by atoms with van der Waals surface area (Å²) in [4.78, 5) is 0. The Hall–Kier alpha value is -2.90. The average molecular weight is 407 g/mol. The van der Waals surface area contributed by atoms with Gasteiger partial charge in [-0.1, -0.05) is 94.8 Å². The zero-order chi connectivity index (χ0) is 18.0. The lowest BCUT2D eigenvalue weighted by molar-refractivity contribution is 1.65. The van der Waals surface area contributed by atoms with Crippen molar-refractivity contribution in [2.45, 2.75) is 0 Å². The van der Waals surface area contributed by atoms with Crippen molar-refractivity contribution in [2.75, 3.05) is 0 Å². The predicted octanol–water partition coefficient (Wildman–Crippen LogP) is 8.07. The van der Waals surface area contributed by atoms with Crippen molar-refractivity contribution in [3.05, 3.63) is 95.5 Å². The van der Waals surface area contributed by atoms with Crippen LogP contribution >= 0.6 is 15.9 Å². The van der Waals surface area contributed by atoms with Gasteiger partial charge >= 0.3 is 0 Å². The molecule has 0 amide bonds. The molecule has 0 saturated heterocycles. The van der Waals surface area contributed by atoms with Crippen molar-refractivity contribution in [2.24, 2.45) is 0 Å². The fourth-order valence-corrected chi connectivity index (χ4v) is 4.89. The van der Waals surface area contributed by atoms with Crippen LogP contribution in [0.25, 0.3) is 54.9 Å². The summed E-state index contributed by atoms with van der Waals surface area (Å²) in [5.74, 6) is 0. The Bertz CT molecular complexity index is 1370. The first kappa shape index (κ1) is 15.2. The lowest BCUT2D eigenvalue weighted by Crippen LogP contribution is -1.85. The van der Waals surface area contributed by atoms with Gasteiger partial charge in [-0.25, -0.2) is 0 Å². The molecule has 0 radical (unpaired) electrons. The first-order chi connectivity index (χ1) is 13.3. The van der Waals surface area contributed by atoms with Crippen LogP contribution in [0.2, 0.25) is 0 Å². The highest BCUT2D eigenvalue weighted by atomic mass is 79.9. The predicted molar refractivity (Wildman–Crippen MR) is 119 cm³/mol. The lowest BCUT2D eigenvalue weighted by atomic mass is 9.91. The minimum absolute atomic E-state index is 1.13. The van der Waals surface area contributed by atoms with Crippen LogP contribution in [0.1, 0.15) is 0 Å². The Morgan fingerprint density at radius 1 is 0.444 bits per heavy atom. The van der Waals surface area contributed by atoms with Crippen LogP contribution in [0, 0.1) is 0 Å². The maximum Gasteiger partial charge on any atom is 0.0181 e. The average Bonchev–Trinajstić information content (AvgIpc) is 3.03. The summed E-state index contributed by atoms with van der Waals surface area (Å²) < 4.78 is 1.13. The van der Waals surface area contributed by atoms with E-state index in [-0.39, 0.29) is 0 Å². The summed E-state index contributed by atoms with van der Waals surface area (Å²) in [7, 11) is 0. The summed E-state index contributed by atoms with van der Waals surface area (Å²) >= 11 is 3.64.